The molecule has 2 atom stereocenters. The minimum atomic E-state index is -0.256. The van der Waals surface area contributed by atoms with E-state index >= 15 is 0 Å². The van der Waals surface area contributed by atoms with Gasteiger partial charge in [-0.25, -0.2) is 13.9 Å². The number of ether oxygens (including phenoxy) is 1. The maximum absolute atomic E-state index is 13.1. The fourth-order valence-electron chi connectivity index (χ4n) is 3.92. The van der Waals surface area contributed by atoms with Gasteiger partial charge < -0.3 is 15.8 Å². The number of halogens is 1. The van der Waals surface area contributed by atoms with Gasteiger partial charge in [-0.1, -0.05) is 12.1 Å². The molecule has 32 heavy (non-hydrogen) atoms. The molecule has 1 aromatic carbocycles. The van der Waals surface area contributed by atoms with Gasteiger partial charge in [-0.2, -0.15) is 4.98 Å². The van der Waals surface area contributed by atoms with Crippen LogP contribution in [0.15, 0.2) is 54.9 Å². The van der Waals surface area contributed by atoms with Crippen LogP contribution in [-0.4, -0.2) is 39.1 Å². The number of carbonyl (C=O) groups is 1. The average molecular weight is 432 g/mol. The number of aromatic nitrogens is 4. The molecule has 8 nitrogen and oxygen atoms in total. The first-order chi connectivity index (χ1) is 15.5. The second-order valence-corrected chi connectivity index (χ2v) is 7.83. The second kappa shape index (κ2) is 7.92. The molecule has 0 aliphatic heterocycles. The molecule has 4 aromatic rings. The number of methoxy groups -OCH3 is 1. The molecule has 1 saturated carbocycles. The molecule has 3 aromatic heterocycles. The lowest BCUT2D eigenvalue weighted by atomic mass is 10.1. The number of nitrogens with two attached hydrogens (primary N) is 1. The van der Waals surface area contributed by atoms with Crippen LogP contribution in [0.4, 0.5) is 10.3 Å². The van der Waals surface area contributed by atoms with Gasteiger partial charge in [0.2, 0.25) is 11.8 Å². The lowest BCUT2D eigenvalue weighted by molar-refractivity contribution is 0.0948. The molecule has 1 fully saturated rings. The highest BCUT2D eigenvalue weighted by molar-refractivity contribution is 5.97. The van der Waals surface area contributed by atoms with E-state index in [4.69, 9.17) is 10.5 Å². The van der Waals surface area contributed by atoms with Crippen LogP contribution in [0, 0.1) is 11.7 Å². The van der Waals surface area contributed by atoms with Crippen molar-refractivity contribution in [3.8, 4) is 17.0 Å². The van der Waals surface area contributed by atoms with Gasteiger partial charge in [-0.05, 0) is 59.7 Å². The molecule has 0 bridgehead atoms. The molecular weight excluding hydrogens is 411 g/mol. The van der Waals surface area contributed by atoms with E-state index in [1.807, 2.05) is 12.1 Å². The summed E-state index contributed by atoms with van der Waals surface area (Å²) in [6.07, 6.45) is 4.36. The maximum Gasteiger partial charge on any atom is 0.256 e. The van der Waals surface area contributed by atoms with Crippen molar-refractivity contribution in [3.05, 3.63) is 71.8 Å². The van der Waals surface area contributed by atoms with E-state index in [1.165, 1.54) is 19.2 Å². The lowest BCUT2D eigenvalue weighted by Gasteiger charge is -2.11. The molecule has 1 amide bonds. The zero-order valence-corrected chi connectivity index (χ0v) is 17.3. The third kappa shape index (κ3) is 3.84. The third-order valence-corrected chi connectivity index (χ3v) is 5.72. The highest BCUT2D eigenvalue weighted by Crippen LogP contribution is 2.47. The highest BCUT2D eigenvalue weighted by atomic mass is 19.1. The number of amides is 1. The van der Waals surface area contributed by atoms with Crippen molar-refractivity contribution in [2.24, 2.45) is 5.92 Å². The summed E-state index contributed by atoms with van der Waals surface area (Å²) in [5, 5.41) is 7.05. The van der Waals surface area contributed by atoms with Crippen LogP contribution in [0.5, 0.6) is 5.88 Å². The van der Waals surface area contributed by atoms with Gasteiger partial charge in [0.15, 0.2) is 5.65 Å². The second-order valence-electron chi connectivity index (χ2n) is 7.83. The van der Waals surface area contributed by atoms with Crippen LogP contribution in [0.3, 0.4) is 0 Å². The number of nitrogens with zero attached hydrogens (tertiary/aromatic N) is 4. The minimum absolute atomic E-state index is 0.189. The Kier molecular flexibility index (Phi) is 4.93. The predicted octanol–water partition coefficient (Wildman–Crippen LogP) is 3.05. The number of nitrogens with one attached hydrogen (secondary N) is 1. The Hall–Kier alpha value is -4.01. The van der Waals surface area contributed by atoms with E-state index in [9.17, 15) is 9.18 Å². The molecule has 3 N–H and O–H groups in total. The van der Waals surface area contributed by atoms with Crippen LogP contribution in [0.1, 0.15) is 28.3 Å². The monoisotopic (exact) mass is 432 g/mol. The van der Waals surface area contributed by atoms with E-state index in [0.29, 0.717) is 29.6 Å². The van der Waals surface area contributed by atoms with Crippen molar-refractivity contribution < 1.29 is 13.9 Å². The number of nitrogen functional groups attached to an aromatic ring is 1. The number of rotatable bonds is 6. The van der Waals surface area contributed by atoms with Crippen LogP contribution in [0.25, 0.3) is 16.8 Å². The quantitative estimate of drug-likeness (QED) is 0.485. The summed E-state index contributed by atoms with van der Waals surface area (Å²) in [4.78, 5) is 21.4. The molecule has 5 rings (SSSR count). The number of fused-ring (bicyclic) bond motifs is 1. The van der Waals surface area contributed by atoms with E-state index < -0.39 is 0 Å². The summed E-state index contributed by atoms with van der Waals surface area (Å²) in [5.41, 5.74) is 9.27. The summed E-state index contributed by atoms with van der Waals surface area (Å²) in [5.74, 6) is 0.607. The molecular formula is C23H21FN6O2. The Morgan fingerprint density at radius 3 is 2.84 bits per heavy atom. The Balaban J connectivity index is 1.32. The molecule has 162 valence electrons. The molecule has 3 heterocycles. The summed E-state index contributed by atoms with van der Waals surface area (Å²) < 4.78 is 20.0. The standard InChI is InChI=1S/C23H21FN6O2/c1-32-22-19(21(31)26-12-16-9-18(16)13-2-4-17(24)5-3-13)8-15(11-27-22)14-6-7-30-20(10-14)28-23(25)29-30/h2-8,10-11,16,18H,9,12H2,1H3,(H2,25,29)(H,26,31)/t16-,18-/m1/s1. The Labute approximate surface area is 183 Å². The zero-order chi connectivity index (χ0) is 22.2. The molecule has 1 aliphatic rings. The first-order valence-corrected chi connectivity index (χ1v) is 10.2. The first-order valence-electron chi connectivity index (χ1n) is 10.2. The van der Waals surface area contributed by atoms with E-state index in [-0.39, 0.29) is 23.6 Å². The Morgan fingerprint density at radius 1 is 1.25 bits per heavy atom. The van der Waals surface area contributed by atoms with Crippen LogP contribution in [0.2, 0.25) is 0 Å². The number of anilines is 1. The third-order valence-electron chi connectivity index (χ3n) is 5.72. The predicted molar refractivity (Wildman–Crippen MR) is 117 cm³/mol. The summed E-state index contributed by atoms with van der Waals surface area (Å²) in [7, 11) is 1.48. The van der Waals surface area contributed by atoms with Gasteiger partial charge in [0.25, 0.3) is 5.91 Å². The van der Waals surface area contributed by atoms with E-state index in [2.05, 4.69) is 20.4 Å². The molecule has 0 unspecified atom stereocenters. The van der Waals surface area contributed by atoms with Gasteiger partial charge in [-0.3, -0.25) is 4.79 Å². The van der Waals surface area contributed by atoms with Gasteiger partial charge >= 0.3 is 0 Å². The van der Waals surface area contributed by atoms with Crippen molar-refractivity contribution >= 4 is 17.5 Å². The van der Waals surface area contributed by atoms with Gasteiger partial charge in [0.05, 0.1) is 7.11 Å². The average Bonchev–Trinajstić information content (AvgIpc) is 3.48. The highest BCUT2D eigenvalue weighted by Gasteiger charge is 2.38. The largest absolute Gasteiger partial charge is 0.480 e. The molecule has 0 saturated heterocycles. The number of benzene rings is 1. The van der Waals surface area contributed by atoms with Crippen molar-refractivity contribution in [3.63, 3.8) is 0 Å². The summed E-state index contributed by atoms with van der Waals surface area (Å²) >= 11 is 0. The Bertz CT molecular complexity index is 1300. The number of pyridine rings is 2. The van der Waals surface area contributed by atoms with Crippen molar-refractivity contribution in [2.75, 3.05) is 19.4 Å². The number of hydrogen-bond donors (Lipinski definition) is 2. The topological polar surface area (TPSA) is 107 Å². The molecule has 0 radical (unpaired) electrons. The summed E-state index contributed by atoms with van der Waals surface area (Å²) in [6, 6.07) is 12.0. The maximum atomic E-state index is 13.1. The SMILES string of the molecule is COc1ncc(-c2ccn3nc(N)nc3c2)cc1C(=O)NC[C@H]1C[C@@H]1c1ccc(F)cc1. The first kappa shape index (κ1) is 19.9. The van der Waals surface area contributed by atoms with Gasteiger partial charge in [0, 0.05) is 24.5 Å². The van der Waals surface area contributed by atoms with Crippen LogP contribution >= 0.6 is 0 Å². The van der Waals surface area contributed by atoms with Gasteiger partial charge in [0.1, 0.15) is 11.4 Å². The fraction of sp³-hybridized carbons (Fsp3) is 0.217. The smallest absolute Gasteiger partial charge is 0.256 e. The molecule has 1 aliphatic carbocycles. The molecule has 9 heteroatoms. The van der Waals surface area contributed by atoms with Crippen LogP contribution in [-0.2, 0) is 0 Å². The number of carbonyl (C=O) groups excluding carboxylic acids is 1. The number of hydrogen-bond acceptors (Lipinski definition) is 6. The van der Waals surface area contributed by atoms with Crippen LogP contribution < -0.4 is 15.8 Å². The van der Waals surface area contributed by atoms with Crippen molar-refractivity contribution in [1.82, 2.24) is 24.9 Å². The van der Waals surface area contributed by atoms with Crippen molar-refractivity contribution in [1.29, 1.82) is 0 Å². The van der Waals surface area contributed by atoms with Gasteiger partial charge in [-0.15, -0.1) is 5.10 Å². The lowest BCUT2D eigenvalue weighted by Crippen LogP contribution is -2.26. The fourth-order valence-corrected chi connectivity index (χ4v) is 3.92. The zero-order valence-electron chi connectivity index (χ0n) is 17.3. The molecule has 0 spiro atoms. The van der Waals surface area contributed by atoms with E-state index in [0.717, 1.165) is 23.1 Å². The Morgan fingerprint density at radius 2 is 2.06 bits per heavy atom. The van der Waals surface area contributed by atoms with E-state index in [1.54, 1.807) is 35.1 Å². The minimum Gasteiger partial charge on any atom is -0.480 e. The summed E-state index contributed by atoms with van der Waals surface area (Å²) in [6.45, 7) is 0.527. The van der Waals surface area contributed by atoms with Crippen molar-refractivity contribution in [2.45, 2.75) is 12.3 Å². The normalized spacial score (nSPS) is 17.3.